The Kier molecular flexibility index (Phi) is 5.67. The molecule has 3 aromatic carbocycles. The average molecular weight is 457 g/mol. The molecular weight excluding hydrogens is 436 g/mol. The minimum Gasteiger partial charge on any atom is -0.320 e. The molecule has 0 fully saturated rings. The van der Waals surface area contributed by atoms with Crippen LogP contribution < -0.4 is 11.2 Å². The molecule has 0 N–H and O–H groups in total. The van der Waals surface area contributed by atoms with Crippen LogP contribution in [0.5, 0.6) is 0 Å². The Labute approximate surface area is 195 Å². The summed E-state index contributed by atoms with van der Waals surface area (Å²) in [7, 11) is 0. The molecule has 5 aromatic rings. The maximum absolute atomic E-state index is 13.6. The number of hydrogen-bond donors (Lipinski definition) is 0. The first-order chi connectivity index (χ1) is 16.1. The summed E-state index contributed by atoms with van der Waals surface area (Å²) < 4.78 is 4.66. The fraction of sp³-hybridized carbons (Fsp3) is 0.115. The Morgan fingerprint density at radius 3 is 1.85 bits per heavy atom. The first-order valence-electron chi connectivity index (χ1n) is 10.6. The summed E-state index contributed by atoms with van der Waals surface area (Å²) in [5, 5.41) is 0.601. The molecular formula is C26H21ClN4O2. The number of nitrogens with zero attached hydrogens (tertiary/aromatic N) is 4. The van der Waals surface area contributed by atoms with Gasteiger partial charge in [-0.3, -0.25) is 13.9 Å². The molecule has 0 amide bonds. The molecule has 0 aliphatic rings. The van der Waals surface area contributed by atoms with Crippen molar-refractivity contribution >= 4 is 22.8 Å². The van der Waals surface area contributed by atoms with Gasteiger partial charge in [-0.05, 0) is 28.8 Å². The van der Waals surface area contributed by atoms with E-state index in [1.54, 1.807) is 23.0 Å². The lowest BCUT2D eigenvalue weighted by Crippen LogP contribution is -2.41. The van der Waals surface area contributed by atoms with Crippen LogP contribution in [-0.4, -0.2) is 18.7 Å². The van der Waals surface area contributed by atoms with Crippen LogP contribution in [0, 0.1) is 0 Å². The molecule has 5 rings (SSSR count). The van der Waals surface area contributed by atoms with Crippen LogP contribution in [0.25, 0.3) is 11.2 Å². The SMILES string of the molecule is O=c1c2c(ncn2Cc2ccccc2)n(Cc2ccccc2)c(=O)n1Cc1ccc(Cl)cc1. The van der Waals surface area contributed by atoms with Crippen molar-refractivity contribution in [1.82, 2.24) is 18.7 Å². The molecule has 0 bridgehead atoms. The Morgan fingerprint density at radius 2 is 1.21 bits per heavy atom. The maximum Gasteiger partial charge on any atom is 0.333 e. The van der Waals surface area contributed by atoms with Gasteiger partial charge in [0.15, 0.2) is 11.2 Å². The van der Waals surface area contributed by atoms with E-state index in [0.29, 0.717) is 29.3 Å². The van der Waals surface area contributed by atoms with Crippen molar-refractivity contribution in [3.8, 4) is 0 Å². The molecule has 164 valence electrons. The summed E-state index contributed by atoms with van der Waals surface area (Å²) in [4.78, 5) is 31.5. The molecule has 2 aromatic heterocycles. The Hall–Kier alpha value is -3.90. The molecule has 0 radical (unpaired) electrons. The summed E-state index contributed by atoms with van der Waals surface area (Å²) >= 11 is 6.01. The summed E-state index contributed by atoms with van der Waals surface area (Å²) in [6, 6.07) is 26.7. The second-order valence-electron chi connectivity index (χ2n) is 7.90. The molecule has 0 aliphatic carbocycles. The zero-order chi connectivity index (χ0) is 22.8. The van der Waals surface area contributed by atoms with Gasteiger partial charge < -0.3 is 4.57 Å². The number of benzene rings is 3. The van der Waals surface area contributed by atoms with Gasteiger partial charge in [0, 0.05) is 11.6 Å². The normalized spacial score (nSPS) is 11.2. The molecule has 7 heteroatoms. The minimum atomic E-state index is -0.392. The Bertz CT molecular complexity index is 1520. The van der Waals surface area contributed by atoms with Crippen molar-refractivity contribution in [2.45, 2.75) is 19.6 Å². The highest BCUT2D eigenvalue weighted by Crippen LogP contribution is 2.14. The van der Waals surface area contributed by atoms with Crippen molar-refractivity contribution in [2.24, 2.45) is 0 Å². The number of hydrogen-bond acceptors (Lipinski definition) is 3. The Balaban J connectivity index is 1.69. The first-order valence-corrected chi connectivity index (χ1v) is 11.0. The molecule has 0 aliphatic heterocycles. The lowest BCUT2D eigenvalue weighted by molar-refractivity contribution is 0.628. The molecule has 0 atom stereocenters. The number of fused-ring (bicyclic) bond motifs is 1. The number of halogens is 1. The molecule has 2 heterocycles. The molecule has 33 heavy (non-hydrogen) atoms. The minimum absolute atomic E-state index is 0.149. The van der Waals surface area contributed by atoms with E-state index in [1.807, 2.05) is 77.4 Å². The van der Waals surface area contributed by atoms with Crippen molar-refractivity contribution in [3.63, 3.8) is 0 Å². The van der Waals surface area contributed by atoms with E-state index in [9.17, 15) is 9.59 Å². The van der Waals surface area contributed by atoms with Crippen LogP contribution in [0.15, 0.2) is 101 Å². The van der Waals surface area contributed by atoms with Gasteiger partial charge in [-0.25, -0.2) is 9.78 Å². The molecule has 0 spiro atoms. The van der Waals surface area contributed by atoms with Gasteiger partial charge in [-0.1, -0.05) is 84.4 Å². The van der Waals surface area contributed by atoms with E-state index in [-0.39, 0.29) is 12.1 Å². The predicted molar refractivity (Wildman–Crippen MR) is 130 cm³/mol. The summed E-state index contributed by atoms with van der Waals surface area (Å²) in [5.74, 6) is 0. The number of imidazole rings is 1. The average Bonchev–Trinajstić information content (AvgIpc) is 3.25. The number of aromatic nitrogens is 4. The van der Waals surface area contributed by atoms with E-state index in [4.69, 9.17) is 11.6 Å². The second-order valence-corrected chi connectivity index (χ2v) is 8.34. The van der Waals surface area contributed by atoms with E-state index in [2.05, 4.69) is 4.98 Å². The van der Waals surface area contributed by atoms with Crippen LogP contribution in [0.4, 0.5) is 0 Å². The zero-order valence-corrected chi connectivity index (χ0v) is 18.5. The van der Waals surface area contributed by atoms with Crippen molar-refractivity contribution < 1.29 is 0 Å². The zero-order valence-electron chi connectivity index (χ0n) is 17.8. The summed E-state index contributed by atoms with van der Waals surface area (Å²) in [5.41, 5.74) is 2.86. The van der Waals surface area contributed by atoms with E-state index in [0.717, 1.165) is 16.7 Å². The second kappa shape index (κ2) is 8.92. The van der Waals surface area contributed by atoms with Gasteiger partial charge in [-0.2, -0.15) is 0 Å². The van der Waals surface area contributed by atoms with E-state index < -0.39 is 5.69 Å². The topological polar surface area (TPSA) is 61.8 Å². The van der Waals surface area contributed by atoms with E-state index in [1.165, 1.54) is 4.57 Å². The van der Waals surface area contributed by atoms with Crippen LogP contribution >= 0.6 is 11.6 Å². The fourth-order valence-corrected chi connectivity index (χ4v) is 4.09. The highest BCUT2D eigenvalue weighted by atomic mass is 35.5. The third-order valence-electron chi connectivity index (χ3n) is 5.62. The van der Waals surface area contributed by atoms with Crippen LogP contribution in [-0.2, 0) is 19.6 Å². The maximum atomic E-state index is 13.6. The Morgan fingerprint density at radius 1 is 0.667 bits per heavy atom. The molecule has 0 saturated carbocycles. The van der Waals surface area contributed by atoms with Gasteiger partial charge in [0.1, 0.15) is 0 Å². The van der Waals surface area contributed by atoms with Gasteiger partial charge >= 0.3 is 5.69 Å². The van der Waals surface area contributed by atoms with Gasteiger partial charge in [0.2, 0.25) is 0 Å². The predicted octanol–water partition coefficient (Wildman–Crippen LogP) is 4.16. The third kappa shape index (κ3) is 4.25. The highest BCUT2D eigenvalue weighted by molar-refractivity contribution is 6.30. The highest BCUT2D eigenvalue weighted by Gasteiger charge is 2.19. The monoisotopic (exact) mass is 456 g/mol. The fourth-order valence-electron chi connectivity index (χ4n) is 3.96. The summed E-state index contributed by atoms with van der Waals surface area (Å²) in [6.45, 7) is 0.951. The molecule has 6 nitrogen and oxygen atoms in total. The lowest BCUT2D eigenvalue weighted by atomic mass is 10.2. The van der Waals surface area contributed by atoms with Gasteiger partial charge in [0.25, 0.3) is 5.56 Å². The van der Waals surface area contributed by atoms with Crippen LogP contribution in [0.2, 0.25) is 5.02 Å². The van der Waals surface area contributed by atoms with E-state index >= 15 is 0 Å². The number of rotatable bonds is 6. The van der Waals surface area contributed by atoms with Gasteiger partial charge in [0.05, 0.1) is 19.4 Å². The standard InChI is InChI=1S/C26H21ClN4O2/c27-22-13-11-21(12-14-22)17-31-25(32)23-24(28-18-29(23)15-19-7-3-1-4-8-19)30(26(31)33)16-20-9-5-2-6-10-20/h1-14,18H,15-17H2. The smallest absolute Gasteiger partial charge is 0.320 e. The van der Waals surface area contributed by atoms with Crippen LogP contribution in [0.3, 0.4) is 0 Å². The van der Waals surface area contributed by atoms with Crippen LogP contribution in [0.1, 0.15) is 16.7 Å². The van der Waals surface area contributed by atoms with Crippen molar-refractivity contribution in [1.29, 1.82) is 0 Å². The van der Waals surface area contributed by atoms with Crippen molar-refractivity contribution in [2.75, 3.05) is 0 Å². The largest absolute Gasteiger partial charge is 0.333 e. The quantitative estimate of drug-likeness (QED) is 0.385. The first kappa shape index (κ1) is 21.0. The molecule has 0 unspecified atom stereocenters. The molecule has 0 saturated heterocycles. The van der Waals surface area contributed by atoms with Crippen molar-refractivity contribution in [3.05, 3.63) is 134 Å². The third-order valence-corrected chi connectivity index (χ3v) is 5.87. The lowest BCUT2D eigenvalue weighted by Gasteiger charge is -2.13. The van der Waals surface area contributed by atoms with Gasteiger partial charge in [-0.15, -0.1) is 0 Å². The summed E-state index contributed by atoms with van der Waals surface area (Å²) in [6.07, 6.45) is 1.63.